The third kappa shape index (κ3) is 5.35. The van der Waals surface area contributed by atoms with Crippen LogP contribution in [0.1, 0.15) is 29.8 Å². The average Bonchev–Trinajstić information content (AvgIpc) is 2.62. The molecule has 0 aliphatic heterocycles. The summed E-state index contributed by atoms with van der Waals surface area (Å²) < 4.78 is 5.51. The fraction of sp³-hybridized carbons (Fsp3) is 0.300. The van der Waals surface area contributed by atoms with Crippen LogP contribution in [0.3, 0.4) is 0 Å². The number of ether oxygens (including phenoxy) is 1. The monoisotopic (exact) mass is 340 g/mol. The molecule has 132 valence electrons. The van der Waals surface area contributed by atoms with E-state index < -0.39 is 0 Å². The maximum atomic E-state index is 12.2. The van der Waals surface area contributed by atoms with Crippen molar-refractivity contribution in [1.82, 2.24) is 4.90 Å². The molecule has 2 rings (SSSR count). The highest BCUT2D eigenvalue weighted by Crippen LogP contribution is 2.17. The van der Waals surface area contributed by atoms with Crippen LogP contribution >= 0.6 is 0 Å². The molecule has 2 aromatic carbocycles. The average molecular weight is 340 g/mol. The van der Waals surface area contributed by atoms with Gasteiger partial charge in [-0.2, -0.15) is 0 Å². The van der Waals surface area contributed by atoms with E-state index in [2.05, 4.69) is 5.32 Å². The topological polar surface area (TPSA) is 58.6 Å². The summed E-state index contributed by atoms with van der Waals surface area (Å²) in [6.45, 7) is 7.17. The van der Waals surface area contributed by atoms with Crippen LogP contribution < -0.4 is 10.1 Å². The maximum Gasteiger partial charge on any atom is 0.260 e. The van der Waals surface area contributed by atoms with Crippen LogP contribution in [0.5, 0.6) is 5.75 Å². The standard InChI is InChI=1S/C20H24N2O3/c1-4-22(5-2)19(23)14-25-18-11-9-17(10-12-18)21-20(24)16-8-6-7-15(3)13-16/h6-13H,4-5,14H2,1-3H3,(H,21,24). The van der Waals surface area contributed by atoms with Gasteiger partial charge in [-0.3, -0.25) is 9.59 Å². The fourth-order valence-electron chi connectivity index (χ4n) is 2.44. The summed E-state index contributed by atoms with van der Waals surface area (Å²) in [5.41, 5.74) is 2.33. The smallest absolute Gasteiger partial charge is 0.260 e. The van der Waals surface area contributed by atoms with Crippen molar-refractivity contribution >= 4 is 17.5 Å². The predicted molar refractivity (Wildman–Crippen MR) is 99.0 cm³/mol. The minimum Gasteiger partial charge on any atom is -0.484 e. The number of carbonyl (C=O) groups excluding carboxylic acids is 2. The van der Waals surface area contributed by atoms with Crippen LogP contribution in [0.15, 0.2) is 48.5 Å². The highest BCUT2D eigenvalue weighted by atomic mass is 16.5. The Bertz CT molecular complexity index is 722. The molecule has 5 heteroatoms. The van der Waals surface area contributed by atoms with Crippen molar-refractivity contribution in [3.05, 3.63) is 59.7 Å². The minimum atomic E-state index is -0.158. The zero-order valence-corrected chi connectivity index (χ0v) is 14.9. The number of hydrogen-bond acceptors (Lipinski definition) is 3. The Hall–Kier alpha value is -2.82. The molecule has 0 unspecified atom stereocenters. The minimum absolute atomic E-state index is 0.0106. The molecule has 0 aromatic heterocycles. The number of rotatable bonds is 7. The number of anilines is 1. The fourth-order valence-corrected chi connectivity index (χ4v) is 2.44. The van der Waals surface area contributed by atoms with Gasteiger partial charge >= 0.3 is 0 Å². The normalized spacial score (nSPS) is 10.2. The number of amides is 2. The predicted octanol–water partition coefficient (Wildman–Crippen LogP) is 3.49. The van der Waals surface area contributed by atoms with Gasteiger partial charge in [0.25, 0.3) is 11.8 Å². The van der Waals surface area contributed by atoms with E-state index in [1.807, 2.05) is 39.0 Å². The van der Waals surface area contributed by atoms with E-state index in [9.17, 15) is 9.59 Å². The SMILES string of the molecule is CCN(CC)C(=O)COc1ccc(NC(=O)c2cccc(C)c2)cc1. The molecule has 0 bridgehead atoms. The van der Waals surface area contributed by atoms with E-state index in [1.54, 1.807) is 35.2 Å². The molecule has 0 aliphatic carbocycles. The van der Waals surface area contributed by atoms with Crippen LogP contribution in [0.25, 0.3) is 0 Å². The van der Waals surface area contributed by atoms with Crippen molar-refractivity contribution in [3.63, 3.8) is 0 Å². The summed E-state index contributed by atoms with van der Waals surface area (Å²) in [7, 11) is 0. The van der Waals surface area contributed by atoms with E-state index in [0.29, 0.717) is 30.1 Å². The summed E-state index contributed by atoms with van der Waals surface area (Å²) in [6.07, 6.45) is 0. The first-order valence-corrected chi connectivity index (χ1v) is 8.42. The number of carbonyl (C=O) groups is 2. The molecular formula is C20H24N2O3. The first kappa shape index (κ1) is 18.5. The Balaban J connectivity index is 1.91. The van der Waals surface area contributed by atoms with Crippen LogP contribution in [0, 0.1) is 6.92 Å². The van der Waals surface area contributed by atoms with Gasteiger partial charge in [-0.05, 0) is 57.2 Å². The summed E-state index contributed by atoms with van der Waals surface area (Å²) in [6, 6.07) is 14.4. The molecule has 0 heterocycles. The van der Waals surface area contributed by atoms with Gasteiger partial charge in [0.2, 0.25) is 0 Å². The van der Waals surface area contributed by atoms with Gasteiger partial charge in [0, 0.05) is 24.3 Å². The van der Waals surface area contributed by atoms with Crippen LogP contribution in [-0.2, 0) is 4.79 Å². The second-order valence-corrected chi connectivity index (χ2v) is 5.70. The van der Waals surface area contributed by atoms with E-state index >= 15 is 0 Å². The number of nitrogens with zero attached hydrogens (tertiary/aromatic N) is 1. The lowest BCUT2D eigenvalue weighted by molar-refractivity contribution is -0.132. The van der Waals surface area contributed by atoms with Crippen molar-refractivity contribution in [2.24, 2.45) is 0 Å². The first-order valence-electron chi connectivity index (χ1n) is 8.42. The van der Waals surface area contributed by atoms with Gasteiger partial charge in [0.1, 0.15) is 5.75 Å². The Morgan fingerprint density at radius 1 is 1.04 bits per heavy atom. The molecule has 0 aliphatic rings. The Morgan fingerprint density at radius 3 is 2.32 bits per heavy atom. The molecule has 0 saturated heterocycles. The van der Waals surface area contributed by atoms with Gasteiger partial charge < -0.3 is 15.0 Å². The molecule has 5 nitrogen and oxygen atoms in total. The van der Waals surface area contributed by atoms with Crippen molar-refractivity contribution in [3.8, 4) is 5.75 Å². The zero-order valence-electron chi connectivity index (χ0n) is 14.9. The molecule has 2 aromatic rings. The van der Waals surface area contributed by atoms with Gasteiger partial charge in [-0.1, -0.05) is 17.7 Å². The molecule has 0 fully saturated rings. The Labute approximate surface area is 148 Å². The molecule has 0 radical (unpaired) electrons. The largest absolute Gasteiger partial charge is 0.484 e. The van der Waals surface area contributed by atoms with E-state index in [-0.39, 0.29) is 18.4 Å². The Morgan fingerprint density at radius 2 is 1.72 bits per heavy atom. The second kappa shape index (κ2) is 8.87. The summed E-state index contributed by atoms with van der Waals surface area (Å²) in [5, 5.41) is 2.84. The third-order valence-electron chi connectivity index (χ3n) is 3.87. The summed E-state index contributed by atoms with van der Waals surface area (Å²) >= 11 is 0. The molecule has 2 amide bonds. The molecule has 0 spiro atoms. The summed E-state index contributed by atoms with van der Waals surface area (Å²) in [4.78, 5) is 25.9. The summed E-state index contributed by atoms with van der Waals surface area (Å²) in [5.74, 6) is 0.393. The quantitative estimate of drug-likeness (QED) is 0.839. The number of benzene rings is 2. The highest BCUT2D eigenvalue weighted by Gasteiger charge is 2.10. The highest BCUT2D eigenvalue weighted by molar-refractivity contribution is 6.04. The number of hydrogen-bond donors (Lipinski definition) is 1. The van der Waals surface area contributed by atoms with Crippen molar-refractivity contribution in [2.75, 3.05) is 25.0 Å². The molecular weight excluding hydrogens is 316 g/mol. The van der Waals surface area contributed by atoms with Crippen molar-refractivity contribution in [2.45, 2.75) is 20.8 Å². The van der Waals surface area contributed by atoms with Gasteiger partial charge in [0.05, 0.1) is 0 Å². The maximum absolute atomic E-state index is 12.2. The van der Waals surface area contributed by atoms with Crippen LogP contribution in [0.4, 0.5) is 5.69 Å². The molecule has 0 atom stereocenters. The molecule has 1 N–H and O–H groups in total. The van der Waals surface area contributed by atoms with E-state index in [4.69, 9.17) is 4.74 Å². The van der Waals surface area contributed by atoms with E-state index in [1.165, 1.54) is 0 Å². The zero-order chi connectivity index (χ0) is 18.2. The first-order chi connectivity index (χ1) is 12.0. The van der Waals surface area contributed by atoms with Crippen LogP contribution in [-0.4, -0.2) is 36.4 Å². The third-order valence-corrected chi connectivity index (χ3v) is 3.87. The second-order valence-electron chi connectivity index (χ2n) is 5.70. The number of nitrogens with one attached hydrogen (secondary N) is 1. The Kier molecular flexibility index (Phi) is 6.57. The van der Waals surface area contributed by atoms with Gasteiger partial charge in [0.15, 0.2) is 6.61 Å². The number of likely N-dealkylation sites (N-methyl/N-ethyl adjacent to an activating group) is 1. The lowest BCUT2D eigenvalue weighted by Crippen LogP contribution is -2.34. The van der Waals surface area contributed by atoms with Crippen LogP contribution in [0.2, 0.25) is 0 Å². The molecule has 25 heavy (non-hydrogen) atoms. The lowest BCUT2D eigenvalue weighted by Gasteiger charge is -2.18. The number of aryl methyl sites for hydroxylation is 1. The van der Waals surface area contributed by atoms with Crippen molar-refractivity contribution in [1.29, 1.82) is 0 Å². The van der Waals surface area contributed by atoms with Gasteiger partial charge in [-0.15, -0.1) is 0 Å². The lowest BCUT2D eigenvalue weighted by atomic mass is 10.1. The molecule has 0 saturated carbocycles. The van der Waals surface area contributed by atoms with Gasteiger partial charge in [-0.25, -0.2) is 0 Å². The van der Waals surface area contributed by atoms with E-state index in [0.717, 1.165) is 5.56 Å². The van der Waals surface area contributed by atoms with Crippen molar-refractivity contribution < 1.29 is 14.3 Å².